The minimum Gasteiger partial charge on any atom is -0.487 e. The summed E-state index contributed by atoms with van der Waals surface area (Å²) >= 11 is 3.24. The second kappa shape index (κ2) is 10.3. The fourth-order valence-electron chi connectivity index (χ4n) is 2.97. The number of ether oxygens (including phenoxy) is 2. The lowest BCUT2D eigenvalue weighted by molar-refractivity contribution is -0.142. The number of pyridine rings is 1. The molecule has 31 heavy (non-hydrogen) atoms. The predicted octanol–water partition coefficient (Wildman–Crippen LogP) is 4.62. The van der Waals surface area contributed by atoms with Crippen LogP contribution in [0.3, 0.4) is 0 Å². The Bertz CT molecular complexity index is 1150. The molecule has 0 N–H and O–H groups in total. The molecule has 0 fully saturated rings. The first-order valence-corrected chi connectivity index (χ1v) is 10.4. The molecular formula is C23H20BrF2NO4. The highest BCUT2D eigenvalue weighted by atomic mass is 79.9. The van der Waals surface area contributed by atoms with Gasteiger partial charge in [0, 0.05) is 17.8 Å². The number of esters is 1. The molecule has 0 radical (unpaired) electrons. The average Bonchev–Trinajstić information content (AvgIpc) is 2.72. The van der Waals surface area contributed by atoms with E-state index >= 15 is 0 Å². The summed E-state index contributed by atoms with van der Waals surface area (Å²) in [7, 11) is 0. The second-order valence-corrected chi connectivity index (χ2v) is 7.55. The van der Waals surface area contributed by atoms with Crippen LogP contribution in [0.1, 0.15) is 23.6 Å². The molecule has 0 amide bonds. The molecule has 1 heterocycles. The molecule has 3 rings (SSSR count). The van der Waals surface area contributed by atoms with Crippen molar-refractivity contribution in [2.45, 2.75) is 26.5 Å². The van der Waals surface area contributed by atoms with E-state index in [0.717, 1.165) is 23.3 Å². The maximum atomic E-state index is 13.8. The summed E-state index contributed by atoms with van der Waals surface area (Å²) in [5.74, 6) is -1.44. The Morgan fingerprint density at radius 3 is 2.61 bits per heavy atom. The third kappa shape index (κ3) is 6.01. The van der Waals surface area contributed by atoms with Crippen LogP contribution in [0.5, 0.6) is 5.75 Å². The van der Waals surface area contributed by atoms with E-state index in [0.29, 0.717) is 13.2 Å². The van der Waals surface area contributed by atoms with Crippen molar-refractivity contribution in [3.05, 3.63) is 97.9 Å². The zero-order valence-electron chi connectivity index (χ0n) is 16.7. The summed E-state index contributed by atoms with van der Waals surface area (Å²) in [5.41, 5.74) is 1.49. The van der Waals surface area contributed by atoms with Gasteiger partial charge in [0.25, 0.3) is 5.56 Å². The molecule has 0 atom stereocenters. The molecule has 0 unspecified atom stereocenters. The van der Waals surface area contributed by atoms with Crippen molar-refractivity contribution in [3.8, 4) is 5.75 Å². The molecule has 3 aromatic rings. The van der Waals surface area contributed by atoms with Gasteiger partial charge < -0.3 is 14.0 Å². The van der Waals surface area contributed by atoms with E-state index in [1.54, 1.807) is 19.2 Å². The molecule has 0 aliphatic carbocycles. The molecule has 1 aromatic heterocycles. The first kappa shape index (κ1) is 22.7. The van der Waals surface area contributed by atoms with E-state index < -0.39 is 11.6 Å². The van der Waals surface area contributed by atoms with Crippen LogP contribution in [0.2, 0.25) is 0 Å². The van der Waals surface area contributed by atoms with Crippen molar-refractivity contribution < 1.29 is 23.0 Å². The van der Waals surface area contributed by atoms with Crippen LogP contribution in [0.15, 0.2) is 64.0 Å². The average molecular weight is 492 g/mol. The summed E-state index contributed by atoms with van der Waals surface area (Å²) in [6, 6.07) is 12.2. The quantitative estimate of drug-likeness (QED) is 0.431. The van der Waals surface area contributed by atoms with Crippen molar-refractivity contribution in [1.29, 1.82) is 0 Å². The smallest absolute Gasteiger partial charge is 0.310 e. The Balaban J connectivity index is 1.72. The van der Waals surface area contributed by atoms with E-state index in [1.165, 1.54) is 10.6 Å². The number of hydrogen-bond donors (Lipinski definition) is 0. The first-order chi connectivity index (χ1) is 14.9. The van der Waals surface area contributed by atoms with E-state index in [2.05, 4.69) is 15.9 Å². The molecule has 0 saturated carbocycles. The molecule has 0 bridgehead atoms. The van der Waals surface area contributed by atoms with Gasteiger partial charge in [-0.3, -0.25) is 9.59 Å². The third-order valence-corrected chi connectivity index (χ3v) is 5.20. The van der Waals surface area contributed by atoms with Gasteiger partial charge >= 0.3 is 5.97 Å². The van der Waals surface area contributed by atoms with E-state index in [1.807, 2.05) is 24.3 Å². The molecule has 0 saturated heterocycles. The van der Waals surface area contributed by atoms with Crippen LogP contribution in [-0.4, -0.2) is 17.1 Å². The van der Waals surface area contributed by atoms with Gasteiger partial charge in [-0.1, -0.05) is 24.3 Å². The fourth-order valence-corrected chi connectivity index (χ4v) is 3.45. The van der Waals surface area contributed by atoms with Crippen molar-refractivity contribution in [3.63, 3.8) is 0 Å². The van der Waals surface area contributed by atoms with Crippen LogP contribution in [0.25, 0.3) is 0 Å². The van der Waals surface area contributed by atoms with Crippen molar-refractivity contribution in [2.24, 2.45) is 0 Å². The Hall–Kier alpha value is -3.00. The van der Waals surface area contributed by atoms with Crippen LogP contribution < -0.4 is 10.3 Å². The van der Waals surface area contributed by atoms with Crippen molar-refractivity contribution in [1.82, 2.24) is 4.57 Å². The molecule has 5 nitrogen and oxygen atoms in total. The van der Waals surface area contributed by atoms with Crippen LogP contribution in [-0.2, 0) is 29.1 Å². The normalized spacial score (nSPS) is 10.7. The highest BCUT2D eigenvalue weighted by Gasteiger charge is 2.12. The van der Waals surface area contributed by atoms with Gasteiger partial charge in [-0.15, -0.1) is 0 Å². The zero-order chi connectivity index (χ0) is 22.4. The lowest BCUT2D eigenvalue weighted by Gasteiger charge is -2.12. The van der Waals surface area contributed by atoms with E-state index in [4.69, 9.17) is 9.47 Å². The highest BCUT2D eigenvalue weighted by Crippen LogP contribution is 2.22. The number of hydrogen-bond acceptors (Lipinski definition) is 4. The molecule has 8 heteroatoms. The lowest BCUT2D eigenvalue weighted by atomic mass is 10.1. The number of benzene rings is 2. The summed E-state index contributed by atoms with van der Waals surface area (Å²) in [6.07, 6.45) is 1.73. The summed E-state index contributed by atoms with van der Waals surface area (Å²) in [4.78, 5) is 24.4. The third-order valence-electron chi connectivity index (χ3n) is 4.47. The Labute approximate surface area is 186 Å². The topological polar surface area (TPSA) is 57.5 Å². The standard InChI is InChI=1S/C23H20BrF2NO4/c1-2-30-21(28)11-15-4-3-5-16(10-15)13-27-9-8-20(22(24)23(27)29)31-14-17-6-7-18(25)12-19(17)26/h3-10,12H,2,11,13-14H2,1H3. The van der Waals surface area contributed by atoms with Crippen molar-refractivity contribution in [2.75, 3.05) is 6.61 Å². The number of carbonyl (C=O) groups excluding carboxylic acids is 1. The maximum absolute atomic E-state index is 13.8. The van der Waals surface area contributed by atoms with Crippen LogP contribution >= 0.6 is 15.9 Å². The Morgan fingerprint density at radius 1 is 1.10 bits per heavy atom. The number of halogens is 3. The minimum atomic E-state index is -0.716. The number of aromatic nitrogens is 1. The second-order valence-electron chi connectivity index (χ2n) is 6.75. The van der Waals surface area contributed by atoms with Gasteiger partial charge in [-0.05, 0) is 52.2 Å². The lowest BCUT2D eigenvalue weighted by Crippen LogP contribution is -2.21. The van der Waals surface area contributed by atoms with Gasteiger partial charge in [0.1, 0.15) is 28.5 Å². The number of carbonyl (C=O) groups is 1. The van der Waals surface area contributed by atoms with E-state index in [9.17, 15) is 18.4 Å². The maximum Gasteiger partial charge on any atom is 0.310 e. The molecule has 0 spiro atoms. The largest absolute Gasteiger partial charge is 0.487 e. The van der Waals surface area contributed by atoms with E-state index in [-0.39, 0.29) is 40.3 Å². The number of rotatable bonds is 8. The van der Waals surface area contributed by atoms with Crippen LogP contribution in [0, 0.1) is 11.6 Å². The first-order valence-electron chi connectivity index (χ1n) is 9.56. The summed E-state index contributed by atoms with van der Waals surface area (Å²) in [6.45, 7) is 2.22. The van der Waals surface area contributed by atoms with Gasteiger partial charge in [0.15, 0.2) is 0 Å². The highest BCUT2D eigenvalue weighted by molar-refractivity contribution is 9.10. The summed E-state index contributed by atoms with van der Waals surface area (Å²) in [5, 5.41) is 0. The molecular weight excluding hydrogens is 472 g/mol. The minimum absolute atomic E-state index is 0.149. The zero-order valence-corrected chi connectivity index (χ0v) is 18.3. The SMILES string of the molecule is CCOC(=O)Cc1cccc(Cn2ccc(OCc3ccc(F)cc3F)c(Br)c2=O)c1. The van der Waals surface area contributed by atoms with Crippen LogP contribution in [0.4, 0.5) is 8.78 Å². The predicted molar refractivity (Wildman–Crippen MR) is 115 cm³/mol. The molecule has 0 aliphatic rings. The van der Waals surface area contributed by atoms with Gasteiger partial charge in [-0.2, -0.15) is 0 Å². The Morgan fingerprint density at radius 2 is 1.87 bits per heavy atom. The molecule has 0 aliphatic heterocycles. The number of nitrogens with zero attached hydrogens (tertiary/aromatic N) is 1. The van der Waals surface area contributed by atoms with Gasteiger partial charge in [0.05, 0.1) is 19.6 Å². The van der Waals surface area contributed by atoms with Gasteiger partial charge in [-0.25, -0.2) is 8.78 Å². The molecule has 162 valence electrons. The summed E-state index contributed by atoms with van der Waals surface area (Å²) < 4.78 is 39.0. The van der Waals surface area contributed by atoms with Crippen molar-refractivity contribution >= 4 is 21.9 Å². The van der Waals surface area contributed by atoms with Gasteiger partial charge in [0.2, 0.25) is 0 Å². The Kier molecular flexibility index (Phi) is 7.57. The molecule has 2 aromatic carbocycles. The fraction of sp³-hybridized carbons (Fsp3) is 0.217. The monoisotopic (exact) mass is 491 g/mol.